The van der Waals surface area contributed by atoms with Gasteiger partial charge in [0.1, 0.15) is 11.3 Å². The van der Waals surface area contributed by atoms with Crippen molar-refractivity contribution in [1.29, 1.82) is 0 Å². The Bertz CT molecular complexity index is 1180. The fraction of sp³-hybridized carbons (Fsp3) is 0.348. The highest BCUT2D eigenvalue weighted by Gasteiger charge is 2.23. The monoisotopic (exact) mass is 390 g/mol. The van der Waals surface area contributed by atoms with E-state index in [0.29, 0.717) is 24.4 Å². The van der Waals surface area contributed by atoms with Crippen molar-refractivity contribution in [3.63, 3.8) is 0 Å². The van der Waals surface area contributed by atoms with Crippen molar-refractivity contribution in [2.24, 2.45) is 0 Å². The number of benzene rings is 1. The Morgan fingerprint density at radius 1 is 1.21 bits per heavy atom. The summed E-state index contributed by atoms with van der Waals surface area (Å²) in [6.45, 7) is 3.03. The lowest BCUT2D eigenvalue weighted by Gasteiger charge is -2.28. The van der Waals surface area contributed by atoms with Crippen LogP contribution in [0.1, 0.15) is 34.4 Å². The van der Waals surface area contributed by atoms with Crippen molar-refractivity contribution < 1.29 is 13.9 Å². The molecule has 3 heterocycles. The summed E-state index contributed by atoms with van der Waals surface area (Å²) in [5, 5.41) is 0.980. The first kappa shape index (κ1) is 17.9. The molecule has 0 radical (unpaired) electrons. The van der Waals surface area contributed by atoms with Crippen LogP contribution in [0, 0.1) is 6.92 Å². The van der Waals surface area contributed by atoms with Crippen molar-refractivity contribution in [3.05, 3.63) is 68.8 Å². The number of aromatic nitrogens is 1. The molecule has 0 bridgehead atoms. The van der Waals surface area contributed by atoms with E-state index in [9.17, 15) is 9.59 Å². The first-order valence-corrected chi connectivity index (χ1v) is 10.0. The molecule has 5 rings (SSSR count). The van der Waals surface area contributed by atoms with Crippen LogP contribution in [0.25, 0.3) is 11.0 Å². The van der Waals surface area contributed by atoms with Gasteiger partial charge in [-0.15, -0.1) is 0 Å². The molecule has 6 nitrogen and oxygen atoms in total. The van der Waals surface area contributed by atoms with Crippen molar-refractivity contribution >= 4 is 16.9 Å². The van der Waals surface area contributed by atoms with Gasteiger partial charge in [-0.2, -0.15) is 0 Å². The van der Waals surface area contributed by atoms with E-state index in [-0.39, 0.29) is 18.1 Å². The molecular formula is C23H22N2O4. The first-order chi connectivity index (χ1) is 14.1. The van der Waals surface area contributed by atoms with E-state index in [1.165, 1.54) is 0 Å². The minimum absolute atomic E-state index is 0.0445. The normalized spacial score (nSPS) is 15.3. The molecule has 0 saturated carbocycles. The number of ether oxygens (including phenoxy) is 1. The molecule has 29 heavy (non-hydrogen) atoms. The molecule has 148 valence electrons. The third-order valence-electron chi connectivity index (χ3n) is 6.01. The van der Waals surface area contributed by atoms with Gasteiger partial charge in [-0.25, -0.2) is 4.79 Å². The van der Waals surface area contributed by atoms with E-state index in [0.717, 1.165) is 59.0 Å². The number of carbonyl (C=O) groups is 1. The molecule has 1 aromatic carbocycles. The average Bonchev–Trinajstić information content (AvgIpc) is 3.24. The van der Waals surface area contributed by atoms with Crippen molar-refractivity contribution in [3.8, 4) is 5.75 Å². The Morgan fingerprint density at radius 2 is 2.07 bits per heavy atom. The molecule has 0 N–H and O–H groups in total. The van der Waals surface area contributed by atoms with Gasteiger partial charge in [-0.05, 0) is 55.5 Å². The summed E-state index contributed by atoms with van der Waals surface area (Å²) in [6, 6.07) is 7.72. The summed E-state index contributed by atoms with van der Waals surface area (Å²) in [5.74, 6) is 0.514. The Balaban J connectivity index is 1.35. The topological polar surface area (TPSA) is 72.6 Å². The molecule has 1 aliphatic heterocycles. The molecule has 0 saturated heterocycles. The SMILES string of the molecule is Cc1c(OCC(=O)N2CCc3ncccc3C2)ccc2c3c(c(=O)oc12)CCC3. The third kappa shape index (κ3) is 3.09. The third-order valence-corrected chi connectivity index (χ3v) is 6.01. The number of carbonyl (C=O) groups excluding carboxylic acids is 1. The van der Waals surface area contributed by atoms with Crippen LogP contribution in [0.15, 0.2) is 39.7 Å². The Morgan fingerprint density at radius 3 is 2.97 bits per heavy atom. The van der Waals surface area contributed by atoms with Crippen molar-refractivity contribution in [2.75, 3.05) is 13.2 Å². The lowest BCUT2D eigenvalue weighted by Crippen LogP contribution is -2.39. The summed E-state index contributed by atoms with van der Waals surface area (Å²) in [5.41, 5.74) is 5.13. The molecule has 2 aliphatic rings. The number of hydrogen-bond acceptors (Lipinski definition) is 5. The van der Waals surface area contributed by atoms with Gasteiger partial charge in [-0.1, -0.05) is 6.07 Å². The van der Waals surface area contributed by atoms with Gasteiger partial charge >= 0.3 is 5.63 Å². The van der Waals surface area contributed by atoms with E-state index in [2.05, 4.69) is 4.98 Å². The summed E-state index contributed by atoms with van der Waals surface area (Å²) in [7, 11) is 0. The van der Waals surface area contributed by atoms with Crippen LogP contribution in [-0.4, -0.2) is 28.9 Å². The second-order valence-electron chi connectivity index (χ2n) is 7.73. The fourth-order valence-electron chi connectivity index (χ4n) is 4.43. The zero-order chi connectivity index (χ0) is 20.0. The highest BCUT2D eigenvalue weighted by molar-refractivity contribution is 5.86. The standard InChI is InChI=1S/C23H22N2O4/c1-14-20(8-7-17-16-5-2-6-18(16)23(27)29-22(14)17)28-13-21(26)25-11-9-19-15(12-25)4-3-10-24-19/h3-4,7-8,10H,2,5-6,9,11-13H2,1H3. The van der Waals surface area contributed by atoms with Gasteiger partial charge in [0, 0.05) is 47.9 Å². The van der Waals surface area contributed by atoms with Gasteiger partial charge in [0.2, 0.25) is 0 Å². The number of rotatable bonds is 3. The number of fused-ring (bicyclic) bond motifs is 4. The largest absolute Gasteiger partial charge is 0.483 e. The molecule has 3 aromatic rings. The summed E-state index contributed by atoms with van der Waals surface area (Å²) < 4.78 is 11.4. The van der Waals surface area contributed by atoms with Crippen molar-refractivity contribution in [1.82, 2.24) is 9.88 Å². The summed E-state index contributed by atoms with van der Waals surface area (Å²) >= 11 is 0. The second-order valence-corrected chi connectivity index (χ2v) is 7.73. The first-order valence-electron chi connectivity index (χ1n) is 10.0. The predicted molar refractivity (Wildman–Crippen MR) is 108 cm³/mol. The molecule has 2 aromatic heterocycles. The van der Waals surface area contributed by atoms with Gasteiger partial charge in [0.15, 0.2) is 6.61 Å². The smallest absolute Gasteiger partial charge is 0.339 e. The van der Waals surface area contributed by atoms with E-state index < -0.39 is 0 Å². The van der Waals surface area contributed by atoms with E-state index in [1.807, 2.05) is 31.2 Å². The molecule has 1 amide bonds. The molecule has 6 heteroatoms. The molecule has 0 spiro atoms. The Labute approximate surface area is 168 Å². The van der Waals surface area contributed by atoms with Crippen LogP contribution in [0.5, 0.6) is 5.75 Å². The van der Waals surface area contributed by atoms with Crippen LogP contribution in [0.2, 0.25) is 0 Å². The predicted octanol–water partition coefficient (Wildman–Crippen LogP) is 2.95. The van der Waals surface area contributed by atoms with Crippen molar-refractivity contribution in [2.45, 2.75) is 39.2 Å². The van der Waals surface area contributed by atoms with Gasteiger partial charge in [0.05, 0.1) is 0 Å². The summed E-state index contributed by atoms with van der Waals surface area (Å²) in [4.78, 5) is 31.1. The van der Waals surface area contributed by atoms with Gasteiger partial charge in [-0.3, -0.25) is 9.78 Å². The van der Waals surface area contributed by atoms with Crippen LogP contribution in [0.4, 0.5) is 0 Å². The minimum Gasteiger partial charge on any atom is -0.483 e. The number of nitrogens with zero attached hydrogens (tertiary/aromatic N) is 2. The lowest BCUT2D eigenvalue weighted by atomic mass is 10.0. The van der Waals surface area contributed by atoms with Crippen LogP contribution in [-0.2, 0) is 30.6 Å². The minimum atomic E-state index is -0.248. The maximum Gasteiger partial charge on any atom is 0.339 e. The van der Waals surface area contributed by atoms with E-state index >= 15 is 0 Å². The van der Waals surface area contributed by atoms with Gasteiger partial charge < -0.3 is 14.1 Å². The highest BCUT2D eigenvalue weighted by atomic mass is 16.5. The van der Waals surface area contributed by atoms with Crippen LogP contribution >= 0.6 is 0 Å². The maximum atomic E-state index is 12.7. The fourth-order valence-corrected chi connectivity index (χ4v) is 4.43. The number of hydrogen-bond donors (Lipinski definition) is 0. The number of aryl methyl sites for hydroxylation is 2. The molecule has 0 fully saturated rings. The van der Waals surface area contributed by atoms with Crippen LogP contribution < -0.4 is 10.4 Å². The summed E-state index contributed by atoms with van der Waals surface area (Å²) in [6.07, 6.45) is 5.22. The highest BCUT2D eigenvalue weighted by Crippen LogP contribution is 2.33. The number of amides is 1. The number of pyridine rings is 1. The molecular weight excluding hydrogens is 368 g/mol. The second kappa shape index (κ2) is 7.03. The Kier molecular flexibility index (Phi) is 4.34. The maximum absolute atomic E-state index is 12.7. The zero-order valence-electron chi connectivity index (χ0n) is 16.4. The quantitative estimate of drug-likeness (QED) is 0.643. The Hall–Kier alpha value is -3.15. The zero-order valence-corrected chi connectivity index (χ0v) is 16.4. The van der Waals surface area contributed by atoms with E-state index in [4.69, 9.17) is 9.15 Å². The molecule has 0 unspecified atom stereocenters. The van der Waals surface area contributed by atoms with Crippen LogP contribution in [0.3, 0.4) is 0 Å². The lowest BCUT2D eigenvalue weighted by molar-refractivity contribution is -0.134. The van der Waals surface area contributed by atoms with Gasteiger partial charge in [0.25, 0.3) is 5.91 Å². The van der Waals surface area contributed by atoms with E-state index in [1.54, 1.807) is 11.1 Å². The molecule has 0 atom stereocenters. The average molecular weight is 390 g/mol. The molecule has 1 aliphatic carbocycles.